The first-order valence-corrected chi connectivity index (χ1v) is 9.97. The highest BCUT2D eigenvalue weighted by Gasteiger charge is 2.19. The molecule has 1 aliphatic rings. The summed E-state index contributed by atoms with van der Waals surface area (Å²) in [6, 6.07) is 8.97. The van der Waals surface area contributed by atoms with E-state index in [1.54, 1.807) is 0 Å². The molecule has 7 nitrogen and oxygen atoms in total. The van der Waals surface area contributed by atoms with E-state index in [1.165, 1.54) is 21.9 Å². The number of likely N-dealkylation sites (tertiary alicyclic amines) is 1. The molecule has 0 saturated carbocycles. The van der Waals surface area contributed by atoms with Crippen LogP contribution in [0, 0.1) is 0 Å². The molecule has 27 heavy (non-hydrogen) atoms. The van der Waals surface area contributed by atoms with Crippen molar-refractivity contribution >= 4 is 27.9 Å². The number of rotatable bonds is 5. The highest BCUT2D eigenvalue weighted by Crippen LogP contribution is 2.17. The van der Waals surface area contributed by atoms with E-state index < -0.39 is 0 Å². The molecule has 0 atom stereocenters. The number of benzene rings is 1. The Bertz CT molecular complexity index is 1040. The van der Waals surface area contributed by atoms with Gasteiger partial charge in [0.05, 0.1) is 12.2 Å². The average molecular weight is 383 g/mol. The standard InChI is InChI=1S/C19H21N5O2S/c1-2-16-22-24-17(25)11-15(21-19(24)27-16)12-20-14-7-5-6-13(10-14)18(26)23-8-3-4-9-23/h5-7,10-11,20H,2-4,8-9,12H2,1H3. The van der Waals surface area contributed by atoms with E-state index in [2.05, 4.69) is 15.4 Å². The lowest BCUT2D eigenvalue weighted by Crippen LogP contribution is -2.27. The fraction of sp³-hybridized carbons (Fsp3) is 0.368. The summed E-state index contributed by atoms with van der Waals surface area (Å²) < 4.78 is 1.35. The van der Waals surface area contributed by atoms with Crippen molar-refractivity contribution < 1.29 is 4.79 Å². The lowest BCUT2D eigenvalue weighted by Gasteiger charge is -2.16. The fourth-order valence-electron chi connectivity index (χ4n) is 3.19. The molecule has 4 rings (SSSR count). The first-order chi connectivity index (χ1) is 13.1. The summed E-state index contributed by atoms with van der Waals surface area (Å²) in [6.45, 7) is 4.08. The molecule has 0 radical (unpaired) electrons. The van der Waals surface area contributed by atoms with Gasteiger partial charge in [-0.2, -0.15) is 9.61 Å². The molecule has 1 fully saturated rings. The van der Waals surface area contributed by atoms with Gasteiger partial charge in [-0.1, -0.05) is 24.3 Å². The van der Waals surface area contributed by atoms with Crippen LogP contribution < -0.4 is 10.9 Å². The van der Waals surface area contributed by atoms with Gasteiger partial charge in [0.15, 0.2) is 0 Å². The van der Waals surface area contributed by atoms with Crippen molar-refractivity contribution in [2.24, 2.45) is 0 Å². The van der Waals surface area contributed by atoms with Gasteiger partial charge in [-0.05, 0) is 37.5 Å². The van der Waals surface area contributed by atoms with E-state index >= 15 is 0 Å². The van der Waals surface area contributed by atoms with Crippen molar-refractivity contribution in [3.8, 4) is 0 Å². The van der Waals surface area contributed by atoms with Gasteiger partial charge in [-0.3, -0.25) is 9.59 Å². The minimum absolute atomic E-state index is 0.0747. The smallest absolute Gasteiger partial charge is 0.275 e. The molecule has 0 aliphatic carbocycles. The Kier molecular flexibility index (Phi) is 4.89. The Labute approximate surface area is 160 Å². The molecule has 1 saturated heterocycles. The molecular formula is C19H21N5O2S. The van der Waals surface area contributed by atoms with E-state index in [9.17, 15) is 9.59 Å². The van der Waals surface area contributed by atoms with Crippen LogP contribution in [0.1, 0.15) is 40.8 Å². The van der Waals surface area contributed by atoms with Crippen LogP contribution in [0.2, 0.25) is 0 Å². The molecule has 1 amide bonds. The maximum Gasteiger partial charge on any atom is 0.275 e. The van der Waals surface area contributed by atoms with Crippen LogP contribution in [0.15, 0.2) is 35.1 Å². The number of carbonyl (C=O) groups is 1. The topological polar surface area (TPSA) is 79.6 Å². The number of hydrogen-bond acceptors (Lipinski definition) is 6. The van der Waals surface area contributed by atoms with Crippen LogP contribution in [-0.4, -0.2) is 38.5 Å². The molecule has 0 unspecified atom stereocenters. The van der Waals surface area contributed by atoms with Gasteiger partial charge in [0, 0.05) is 30.4 Å². The second kappa shape index (κ2) is 7.48. The minimum Gasteiger partial charge on any atom is -0.379 e. The predicted octanol–water partition coefficient (Wildman–Crippen LogP) is 2.56. The molecule has 8 heteroatoms. The molecule has 2 aromatic heterocycles. The van der Waals surface area contributed by atoms with Crippen LogP contribution in [0.3, 0.4) is 0 Å². The van der Waals surface area contributed by atoms with Crippen LogP contribution in [0.25, 0.3) is 4.96 Å². The molecule has 0 bridgehead atoms. The molecular weight excluding hydrogens is 362 g/mol. The third kappa shape index (κ3) is 3.71. The van der Waals surface area contributed by atoms with Gasteiger partial charge in [0.25, 0.3) is 11.5 Å². The largest absolute Gasteiger partial charge is 0.379 e. The highest BCUT2D eigenvalue weighted by atomic mass is 32.1. The van der Waals surface area contributed by atoms with Gasteiger partial charge < -0.3 is 10.2 Å². The van der Waals surface area contributed by atoms with Gasteiger partial charge in [0.1, 0.15) is 5.01 Å². The van der Waals surface area contributed by atoms with E-state index in [0.717, 1.165) is 43.0 Å². The third-order valence-electron chi connectivity index (χ3n) is 4.62. The summed E-state index contributed by atoms with van der Waals surface area (Å²) in [5.74, 6) is 0.0747. The number of amides is 1. The van der Waals surface area contributed by atoms with Crippen LogP contribution >= 0.6 is 11.3 Å². The first-order valence-electron chi connectivity index (χ1n) is 9.16. The van der Waals surface area contributed by atoms with Crippen molar-refractivity contribution in [2.45, 2.75) is 32.7 Å². The Morgan fingerprint density at radius 3 is 2.85 bits per heavy atom. The molecule has 3 heterocycles. The predicted molar refractivity (Wildman–Crippen MR) is 105 cm³/mol. The third-order valence-corrected chi connectivity index (χ3v) is 5.67. The van der Waals surface area contributed by atoms with E-state index in [0.29, 0.717) is 22.8 Å². The average Bonchev–Trinajstić information content (AvgIpc) is 3.36. The number of anilines is 1. The summed E-state index contributed by atoms with van der Waals surface area (Å²) in [6.07, 6.45) is 2.92. The Morgan fingerprint density at radius 1 is 1.26 bits per heavy atom. The number of nitrogens with one attached hydrogen (secondary N) is 1. The van der Waals surface area contributed by atoms with E-state index in [1.807, 2.05) is 36.1 Å². The van der Waals surface area contributed by atoms with Crippen molar-refractivity contribution in [1.82, 2.24) is 19.5 Å². The zero-order valence-electron chi connectivity index (χ0n) is 15.1. The first kappa shape index (κ1) is 17.7. The van der Waals surface area contributed by atoms with Crippen molar-refractivity contribution in [2.75, 3.05) is 18.4 Å². The molecule has 1 aromatic carbocycles. The maximum absolute atomic E-state index is 12.5. The molecule has 140 valence electrons. The number of carbonyl (C=O) groups excluding carboxylic acids is 1. The van der Waals surface area contributed by atoms with Crippen LogP contribution in [-0.2, 0) is 13.0 Å². The van der Waals surface area contributed by atoms with Gasteiger partial charge >= 0.3 is 0 Å². The minimum atomic E-state index is -0.175. The summed E-state index contributed by atoms with van der Waals surface area (Å²) in [5, 5.41) is 8.41. The highest BCUT2D eigenvalue weighted by molar-refractivity contribution is 7.16. The lowest BCUT2D eigenvalue weighted by atomic mass is 10.1. The maximum atomic E-state index is 12.5. The Hall–Kier alpha value is -2.74. The monoisotopic (exact) mass is 383 g/mol. The van der Waals surface area contributed by atoms with Crippen LogP contribution in [0.5, 0.6) is 0 Å². The SMILES string of the molecule is CCc1nn2c(=O)cc(CNc3cccc(C(=O)N4CCCC4)c3)nc2s1. The Morgan fingerprint density at radius 2 is 2.07 bits per heavy atom. The van der Waals surface area contributed by atoms with Gasteiger partial charge in [0.2, 0.25) is 4.96 Å². The Balaban J connectivity index is 1.50. The summed E-state index contributed by atoms with van der Waals surface area (Å²) >= 11 is 1.43. The molecule has 1 N–H and O–H groups in total. The summed E-state index contributed by atoms with van der Waals surface area (Å²) in [5.41, 5.74) is 1.99. The fourth-order valence-corrected chi connectivity index (χ4v) is 4.04. The quantitative estimate of drug-likeness (QED) is 0.732. The van der Waals surface area contributed by atoms with Crippen LogP contribution in [0.4, 0.5) is 5.69 Å². The zero-order valence-corrected chi connectivity index (χ0v) is 16.0. The number of fused-ring (bicyclic) bond motifs is 1. The number of hydrogen-bond donors (Lipinski definition) is 1. The van der Waals surface area contributed by atoms with E-state index in [-0.39, 0.29) is 11.5 Å². The van der Waals surface area contributed by atoms with Crippen molar-refractivity contribution in [3.05, 3.63) is 57.0 Å². The number of nitrogens with zero attached hydrogens (tertiary/aromatic N) is 4. The van der Waals surface area contributed by atoms with Crippen molar-refractivity contribution in [1.29, 1.82) is 0 Å². The lowest BCUT2D eigenvalue weighted by molar-refractivity contribution is 0.0793. The zero-order chi connectivity index (χ0) is 18.8. The number of aromatic nitrogens is 3. The second-order valence-corrected chi connectivity index (χ2v) is 7.60. The summed E-state index contributed by atoms with van der Waals surface area (Å²) in [4.78, 5) is 31.8. The van der Waals surface area contributed by atoms with E-state index in [4.69, 9.17) is 0 Å². The molecule has 1 aliphatic heterocycles. The molecule has 0 spiro atoms. The molecule has 3 aromatic rings. The normalized spacial score (nSPS) is 14.0. The second-order valence-electron chi connectivity index (χ2n) is 6.56. The van der Waals surface area contributed by atoms with Gasteiger partial charge in [-0.25, -0.2) is 4.98 Å². The summed E-state index contributed by atoms with van der Waals surface area (Å²) in [7, 11) is 0. The van der Waals surface area contributed by atoms with Crippen molar-refractivity contribution in [3.63, 3.8) is 0 Å². The number of aryl methyl sites for hydroxylation is 1. The van der Waals surface area contributed by atoms with Gasteiger partial charge in [-0.15, -0.1) is 0 Å².